The lowest BCUT2D eigenvalue weighted by atomic mass is 10.2. The molecular weight excluding hydrogens is 308 g/mol. The molecule has 1 amide bonds. The van der Waals surface area contributed by atoms with Crippen molar-refractivity contribution in [2.24, 2.45) is 0 Å². The number of anilines is 1. The molecule has 1 fully saturated rings. The fourth-order valence-corrected chi connectivity index (χ4v) is 3.08. The van der Waals surface area contributed by atoms with Crippen molar-refractivity contribution in [2.75, 3.05) is 33.1 Å². The molecule has 122 valence electrons. The van der Waals surface area contributed by atoms with Gasteiger partial charge < -0.3 is 14.8 Å². The molecule has 0 bridgehead atoms. The van der Waals surface area contributed by atoms with Crippen LogP contribution in [-0.2, 0) is 19.6 Å². The summed E-state index contributed by atoms with van der Waals surface area (Å²) in [6.45, 7) is 0.560. The van der Waals surface area contributed by atoms with E-state index in [0.717, 1.165) is 10.7 Å². The van der Waals surface area contributed by atoms with Crippen LogP contribution in [0.5, 0.6) is 5.75 Å². The number of methoxy groups -OCH3 is 1. The Morgan fingerprint density at radius 2 is 2.14 bits per heavy atom. The molecule has 0 aromatic heterocycles. The Labute approximate surface area is 130 Å². The summed E-state index contributed by atoms with van der Waals surface area (Å²) < 4.78 is 35.9. The van der Waals surface area contributed by atoms with Gasteiger partial charge in [-0.05, 0) is 31.0 Å². The van der Waals surface area contributed by atoms with Gasteiger partial charge in [0, 0.05) is 20.7 Å². The average Bonchev–Trinajstić information content (AvgIpc) is 3.01. The molecule has 0 radical (unpaired) electrons. The average molecular weight is 328 g/mol. The maximum Gasteiger partial charge on any atom is 0.253 e. The summed E-state index contributed by atoms with van der Waals surface area (Å²) in [6.07, 6.45) is 0.993. The number of hydrogen-bond donors (Lipinski definition) is 1. The van der Waals surface area contributed by atoms with Gasteiger partial charge in [-0.25, -0.2) is 12.7 Å². The molecule has 1 aromatic rings. The molecular formula is C14H20N2O5S. The number of hydrogen-bond acceptors (Lipinski definition) is 5. The van der Waals surface area contributed by atoms with Crippen LogP contribution >= 0.6 is 0 Å². The smallest absolute Gasteiger partial charge is 0.253 e. The molecule has 0 aliphatic carbocycles. The van der Waals surface area contributed by atoms with Gasteiger partial charge in [-0.1, -0.05) is 0 Å². The summed E-state index contributed by atoms with van der Waals surface area (Å²) in [7, 11) is 0.769. The Balaban J connectivity index is 2.30. The van der Waals surface area contributed by atoms with Crippen LogP contribution in [-0.4, -0.2) is 52.5 Å². The van der Waals surface area contributed by atoms with Crippen LogP contribution in [0.25, 0.3) is 0 Å². The zero-order valence-electron chi connectivity index (χ0n) is 12.8. The van der Waals surface area contributed by atoms with E-state index in [0.29, 0.717) is 24.5 Å². The summed E-state index contributed by atoms with van der Waals surface area (Å²) in [4.78, 5) is 12.2. The van der Waals surface area contributed by atoms with E-state index in [1.165, 1.54) is 39.4 Å². The van der Waals surface area contributed by atoms with E-state index < -0.39 is 16.1 Å². The highest BCUT2D eigenvalue weighted by Gasteiger charge is 2.25. The van der Waals surface area contributed by atoms with Crippen LogP contribution < -0.4 is 10.1 Å². The summed E-state index contributed by atoms with van der Waals surface area (Å²) >= 11 is 0. The van der Waals surface area contributed by atoms with Crippen LogP contribution in [0.4, 0.5) is 5.69 Å². The van der Waals surface area contributed by atoms with E-state index in [1.807, 2.05) is 0 Å². The van der Waals surface area contributed by atoms with Gasteiger partial charge in [0.2, 0.25) is 10.0 Å². The van der Waals surface area contributed by atoms with Gasteiger partial charge >= 0.3 is 0 Å². The van der Waals surface area contributed by atoms with Crippen molar-refractivity contribution in [3.05, 3.63) is 18.2 Å². The lowest BCUT2D eigenvalue weighted by Crippen LogP contribution is -2.27. The van der Waals surface area contributed by atoms with Crippen LogP contribution in [0.2, 0.25) is 0 Å². The Morgan fingerprint density at radius 1 is 1.41 bits per heavy atom. The first kappa shape index (κ1) is 16.7. The molecule has 1 aromatic carbocycles. The van der Waals surface area contributed by atoms with Crippen molar-refractivity contribution in [2.45, 2.75) is 23.8 Å². The predicted octanol–water partition coefficient (Wildman–Crippen LogP) is 1.06. The number of nitrogens with zero attached hydrogens (tertiary/aromatic N) is 1. The molecule has 22 heavy (non-hydrogen) atoms. The topological polar surface area (TPSA) is 84.9 Å². The second-order valence-electron chi connectivity index (χ2n) is 5.14. The number of sulfonamides is 1. The fraction of sp³-hybridized carbons (Fsp3) is 0.500. The van der Waals surface area contributed by atoms with Crippen molar-refractivity contribution >= 4 is 21.6 Å². The summed E-state index contributed by atoms with van der Waals surface area (Å²) in [5.74, 6) is 0.0965. The number of amides is 1. The first-order chi connectivity index (χ1) is 10.4. The largest absolute Gasteiger partial charge is 0.495 e. The third-order valence-corrected chi connectivity index (χ3v) is 5.24. The number of carbonyl (C=O) groups is 1. The number of carbonyl (C=O) groups excluding carboxylic acids is 1. The zero-order valence-corrected chi connectivity index (χ0v) is 13.6. The second-order valence-corrected chi connectivity index (χ2v) is 7.29. The molecule has 1 aliphatic rings. The van der Waals surface area contributed by atoms with Gasteiger partial charge in [-0.2, -0.15) is 0 Å². The number of nitrogens with one attached hydrogen (secondary N) is 1. The Bertz CT molecular complexity index is 651. The SMILES string of the molecule is COc1ccc(S(=O)(=O)N(C)C)cc1NC(=O)[C@@H]1CCCO1. The molecule has 7 nitrogen and oxygen atoms in total. The molecule has 1 atom stereocenters. The van der Waals surface area contributed by atoms with Crippen LogP contribution in [0, 0.1) is 0 Å². The number of ether oxygens (including phenoxy) is 2. The predicted molar refractivity (Wildman–Crippen MR) is 81.5 cm³/mol. The highest BCUT2D eigenvalue weighted by Crippen LogP contribution is 2.29. The minimum Gasteiger partial charge on any atom is -0.495 e. The van der Waals surface area contributed by atoms with Gasteiger partial charge in [0.15, 0.2) is 0 Å². The monoisotopic (exact) mass is 328 g/mol. The van der Waals surface area contributed by atoms with Gasteiger partial charge in [0.05, 0.1) is 17.7 Å². The molecule has 1 N–H and O–H groups in total. The van der Waals surface area contributed by atoms with Crippen molar-refractivity contribution in [3.63, 3.8) is 0 Å². The number of rotatable bonds is 5. The third-order valence-electron chi connectivity index (χ3n) is 3.43. The van der Waals surface area contributed by atoms with Crippen LogP contribution in [0.3, 0.4) is 0 Å². The quantitative estimate of drug-likeness (QED) is 0.874. The first-order valence-electron chi connectivity index (χ1n) is 6.89. The Hall–Kier alpha value is -1.64. The van der Waals surface area contributed by atoms with Gasteiger partial charge in [0.25, 0.3) is 5.91 Å². The molecule has 8 heteroatoms. The van der Waals surface area contributed by atoms with E-state index in [1.54, 1.807) is 0 Å². The molecule has 1 saturated heterocycles. The lowest BCUT2D eigenvalue weighted by Gasteiger charge is -2.16. The van der Waals surface area contributed by atoms with Crippen molar-refractivity contribution < 1.29 is 22.7 Å². The standard InChI is InChI=1S/C14H20N2O5S/c1-16(2)22(18,19)10-6-7-12(20-3)11(9-10)15-14(17)13-5-4-8-21-13/h6-7,9,13H,4-5,8H2,1-3H3,(H,15,17)/t13-/m0/s1. The molecule has 0 saturated carbocycles. The highest BCUT2D eigenvalue weighted by molar-refractivity contribution is 7.89. The van der Waals surface area contributed by atoms with Crippen LogP contribution in [0.1, 0.15) is 12.8 Å². The van der Waals surface area contributed by atoms with Crippen LogP contribution in [0.15, 0.2) is 23.1 Å². The number of benzene rings is 1. The first-order valence-corrected chi connectivity index (χ1v) is 8.33. The Morgan fingerprint density at radius 3 is 2.68 bits per heavy atom. The highest BCUT2D eigenvalue weighted by atomic mass is 32.2. The Kier molecular flexibility index (Phi) is 5.05. The van der Waals surface area contributed by atoms with E-state index in [2.05, 4.69) is 5.32 Å². The van der Waals surface area contributed by atoms with Crippen molar-refractivity contribution in [1.82, 2.24) is 4.31 Å². The summed E-state index contributed by atoms with van der Waals surface area (Å²) in [5, 5.41) is 2.68. The van der Waals surface area contributed by atoms with E-state index in [-0.39, 0.29) is 10.8 Å². The second kappa shape index (κ2) is 6.64. The van der Waals surface area contributed by atoms with E-state index in [9.17, 15) is 13.2 Å². The lowest BCUT2D eigenvalue weighted by molar-refractivity contribution is -0.124. The normalized spacial score (nSPS) is 18.5. The van der Waals surface area contributed by atoms with Crippen molar-refractivity contribution in [1.29, 1.82) is 0 Å². The molecule has 2 rings (SSSR count). The van der Waals surface area contributed by atoms with Crippen molar-refractivity contribution in [3.8, 4) is 5.75 Å². The molecule has 0 spiro atoms. The fourth-order valence-electron chi connectivity index (χ4n) is 2.15. The van der Waals surface area contributed by atoms with E-state index >= 15 is 0 Å². The molecule has 1 aliphatic heterocycles. The van der Waals surface area contributed by atoms with Gasteiger partial charge in [-0.3, -0.25) is 4.79 Å². The summed E-state index contributed by atoms with van der Waals surface area (Å²) in [6, 6.07) is 4.35. The molecule has 0 unspecified atom stereocenters. The van der Waals surface area contributed by atoms with Gasteiger partial charge in [-0.15, -0.1) is 0 Å². The minimum atomic E-state index is -3.58. The maximum absolute atomic E-state index is 12.2. The minimum absolute atomic E-state index is 0.0842. The third kappa shape index (κ3) is 3.40. The zero-order chi connectivity index (χ0) is 16.3. The van der Waals surface area contributed by atoms with E-state index in [4.69, 9.17) is 9.47 Å². The molecule has 1 heterocycles. The van der Waals surface area contributed by atoms with Gasteiger partial charge in [0.1, 0.15) is 11.9 Å². The maximum atomic E-state index is 12.2. The summed E-state index contributed by atoms with van der Waals surface area (Å²) in [5.41, 5.74) is 0.311.